The van der Waals surface area contributed by atoms with Gasteiger partial charge in [0.05, 0.1) is 11.2 Å². The highest BCUT2D eigenvalue weighted by Crippen LogP contribution is 2.23. The summed E-state index contributed by atoms with van der Waals surface area (Å²) < 4.78 is 0. The molecule has 1 unspecified atom stereocenters. The van der Waals surface area contributed by atoms with E-state index in [1.54, 1.807) is 17.6 Å². The van der Waals surface area contributed by atoms with Crippen molar-refractivity contribution in [3.63, 3.8) is 0 Å². The molecular formula is C16H16N2O3S. The minimum absolute atomic E-state index is 0.211. The van der Waals surface area contributed by atoms with Crippen molar-refractivity contribution in [1.29, 1.82) is 0 Å². The average Bonchev–Trinajstić information content (AvgIpc) is 3.09. The number of thiazole rings is 1. The number of hydrogen-bond donors (Lipinski definition) is 1. The Morgan fingerprint density at radius 3 is 2.64 bits per heavy atom. The van der Waals surface area contributed by atoms with Gasteiger partial charge in [0.1, 0.15) is 6.04 Å². The predicted molar refractivity (Wildman–Crippen MR) is 83.9 cm³/mol. The summed E-state index contributed by atoms with van der Waals surface area (Å²) in [6, 6.07) is 6.47. The van der Waals surface area contributed by atoms with Gasteiger partial charge in [0.15, 0.2) is 0 Å². The number of carboxylic acids is 1. The van der Waals surface area contributed by atoms with Gasteiger partial charge in [0, 0.05) is 23.1 Å². The number of carboxylic acid groups (broad SMARTS) is 1. The minimum Gasteiger partial charge on any atom is -0.480 e. The fraction of sp³-hybridized carbons (Fsp3) is 0.312. The number of benzene rings is 1. The van der Waals surface area contributed by atoms with Gasteiger partial charge in [-0.1, -0.05) is 12.1 Å². The van der Waals surface area contributed by atoms with Crippen molar-refractivity contribution in [1.82, 2.24) is 9.88 Å². The highest BCUT2D eigenvalue weighted by Gasteiger charge is 2.32. The number of piperidine rings is 1. The van der Waals surface area contributed by atoms with Crippen LogP contribution >= 0.6 is 11.3 Å². The molecule has 5 nitrogen and oxygen atoms in total. The van der Waals surface area contributed by atoms with Crippen molar-refractivity contribution >= 4 is 23.2 Å². The molecule has 1 saturated heterocycles. The van der Waals surface area contributed by atoms with Gasteiger partial charge >= 0.3 is 5.97 Å². The van der Waals surface area contributed by atoms with Gasteiger partial charge in [-0.2, -0.15) is 0 Å². The van der Waals surface area contributed by atoms with E-state index in [0.717, 1.165) is 24.1 Å². The first-order chi connectivity index (χ1) is 10.7. The Balaban J connectivity index is 1.81. The molecule has 1 aromatic heterocycles. The van der Waals surface area contributed by atoms with E-state index in [0.29, 0.717) is 18.5 Å². The lowest BCUT2D eigenvalue weighted by Crippen LogP contribution is -2.47. The molecule has 1 aromatic carbocycles. The molecule has 1 aliphatic heterocycles. The normalized spacial score (nSPS) is 18.2. The van der Waals surface area contributed by atoms with Crippen LogP contribution in [0, 0.1) is 0 Å². The van der Waals surface area contributed by atoms with Crippen LogP contribution in [0.5, 0.6) is 0 Å². The quantitative estimate of drug-likeness (QED) is 0.945. The van der Waals surface area contributed by atoms with Crippen LogP contribution in [-0.2, 0) is 4.79 Å². The van der Waals surface area contributed by atoms with Crippen LogP contribution in [0.15, 0.2) is 35.2 Å². The summed E-state index contributed by atoms with van der Waals surface area (Å²) in [6.45, 7) is 0.504. The minimum atomic E-state index is -0.924. The molecular weight excluding hydrogens is 300 g/mol. The number of aliphatic carboxylic acids is 1. The zero-order valence-electron chi connectivity index (χ0n) is 11.9. The number of aromatic nitrogens is 1. The van der Waals surface area contributed by atoms with Crippen LogP contribution in [0.3, 0.4) is 0 Å². The number of carbonyl (C=O) groups is 2. The largest absolute Gasteiger partial charge is 0.480 e. The first-order valence-electron chi connectivity index (χ1n) is 7.19. The number of rotatable bonds is 3. The van der Waals surface area contributed by atoms with E-state index >= 15 is 0 Å². The Kier molecular flexibility index (Phi) is 4.20. The Morgan fingerprint density at radius 2 is 2.00 bits per heavy atom. The van der Waals surface area contributed by atoms with Crippen LogP contribution < -0.4 is 0 Å². The van der Waals surface area contributed by atoms with Crippen LogP contribution in [0.2, 0.25) is 0 Å². The third-order valence-electron chi connectivity index (χ3n) is 3.91. The lowest BCUT2D eigenvalue weighted by Gasteiger charge is -2.33. The standard InChI is InChI=1S/C16H16N2O3S/c19-15(18-8-2-1-3-14(18)16(20)21)12-6-4-11(5-7-12)13-9-22-10-17-13/h4-7,9-10,14H,1-3,8H2,(H,20,21). The van der Waals surface area contributed by atoms with Crippen molar-refractivity contribution in [2.24, 2.45) is 0 Å². The molecule has 0 saturated carbocycles. The zero-order chi connectivity index (χ0) is 15.5. The third kappa shape index (κ3) is 2.87. The zero-order valence-corrected chi connectivity index (χ0v) is 12.8. The third-order valence-corrected chi connectivity index (χ3v) is 4.50. The number of nitrogens with zero attached hydrogens (tertiary/aromatic N) is 2. The highest BCUT2D eigenvalue weighted by atomic mass is 32.1. The Hall–Kier alpha value is -2.21. The number of likely N-dealkylation sites (tertiary alicyclic amines) is 1. The van der Waals surface area contributed by atoms with E-state index in [2.05, 4.69) is 4.98 Å². The molecule has 2 aromatic rings. The van der Waals surface area contributed by atoms with Gasteiger partial charge in [-0.3, -0.25) is 4.79 Å². The van der Waals surface area contributed by atoms with Gasteiger partial charge in [0.25, 0.3) is 5.91 Å². The monoisotopic (exact) mass is 316 g/mol. The number of hydrogen-bond acceptors (Lipinski definition) is 4. The van der Waals surface area contributed by atoms with Crippen molar-refractivity contribution in [3.8, 4) is 11.3 Å². The van der Waals surface area contributed by atoms with Crippen LogP contribution in [0.25, 0.3) is 11.3 Å². The average molecular weight is 316 g/mol. The van der Waals surface area contributed by atoms with Crippen molar-refractivity contribution in [3.05, 3.63) is 40.7 Å². The maximum absolute atomic E-state index is 12.6. The fourth-order valence-electron chi connectivity index (χ4n) is 2.74. The van der Waals surface area contributed by atoms with E-state index in [1.807, 2.05) is 17.5 Å². The Morgan fingerprint density at radius 1 is 1.23 bits per heavy atom. The molecule has 114 valence electrons. The maximum atomic E-state index is 12.6. The molecule has 1 amide bonds. The number of carbonyl (C=O) groups excluding carboxylic acids is 1. The molecule has 1 fully saturated rings. The van der Waals surface area contributed by atoms with Crippen LogP contribution in [0.1, 0.15) is 29.6 Å². The summed E-state index contributed by atoms with van der Waals surface area (Å²) in [6.07, 6.45) is 2.23. The number of amides is 1. The second-order valence-corrected chi connectivity index (χ2v) is 6.02. The Labute approximate surface area is 132 Å². The molecule has 0 radical (unpaired) electrons. The summed E-state index contributed by atoms with van der Waals surface area (Å²) in [4.78, 5) is 29.6. The molecule has 3 rings (SSSR count). The second-order valence-electron chi connectivity index (χ2n) is 5.30. The molecule has 0 spiro atoms. The Bertz CT molecular complexity index is 667. The molecule has 6 heteroatoms. The molecule has 2 heterocycles. The van der Waals surface area contributed by atoms with Crippen LogP contribution in [-0.4, -0.2) is 39.5 Å². The van der Waals surface area contributed by atoms with Gasteiger partial charge in [-0.05, 0) is 31.4 Å². The SMILES string of the molecule is O=C(O)C1CCCCN1C(=O)c1ccc(-c2cscn2)cc1. The van der Waals surface area contributed by atoms with E-state index in [-0.39, 0.29) is 5.91 Å². The molecule has 22 heavy (non-hydrogen) atoms. The fourth-order valence-corrected chi connectivity index (χ4v) is 3.30. The van der Waals surface area contributed by atoms with Gasteiger partial charge in [0.2, 0.25) is 0 Å². The molecule has 1 atom stereocenters. The van der Waals surface area contributed by atoms with E-state index in [4.69, 9.17) is 0 Å². The first-order valence-corrected chi connectivity index (χ1v) is 8.13. The van der Waals surface area contributed by atoms with Crippen molar-refractivity contribution in [2.75, 3.05) is 6.54 Å². The molecule has 0 aliphatic carbocycles. The summed E-state index contributed by atoms with van der Waals surface area (Å²) in [7, 11) is 0. The molecule has 1 aliphatic rings. The summed E-state index contributed by atoms with van der Waals surface area (Å²) in [5, 5.41) is 11.2. The second kappa shape index (κ2) is 6.27. The molecule has 0 bridgehead atoms. The van der Waals surface area contributed by atoms with Gasteiger partial charge in [-0.15, -0.1) is 11.3 Å². The van der Waals surface area contributed by atoms with E-state index in [1.165, 1.54) is 16.2 Å². The smallest absolute Gasteiger partial charge is 0.326 e. The van der Waals surface area contributed by atoms with Crippen molar-refractivity contribution < 1.29 is 14.7 Å². The highest BCUT2D eigenvalue weighted by molar-refractivity contribution is 7.07. The lowest BCUT2D eigenvalue weighted by molar-refractivity contribution is -0.143. The topological polar surface area (TPSA) is 70.5 Å². The summed E-state index contributed by atoms with van der Waals surface area (Å²) >= 11 is 1.52. The maximum Gasteiger partial charge on any atom is 0.326 e. The lowest BCUT2D eigenvalue weighted by atomic mass is 10.0. The van der Waals surface area contributed by atoms with Gasteiger partial charge < -0.3 is 10.0 Å². The summed E-state index contributed by atoms with van der Waals surface area (Å²) in [5.74, 6) is -1.14. The van der Waals surface area contributed by atoms with Crippen molar-refractivity contribution in [2.45, 2.75) is 25.3 Å². The van der Waals surface area contributed by atoms with Gasteiger partial charge in [-0.25, -0.2) is 9.78 Å². The first kappa shape index (κ1) is 14.7. The summed E-state index contributed by atoms with van der Waals surface area (Å²) in [5.41, 5.74) is 4.11. The molecule has 1 N–H and O–H groups in total. The van der Waals surface area contributed by atoms with E-state index < -0.39 is 12.0 Å². The predicted octanol–water partition coefficient (Wildman–Crippen LogP) is 2.89. The van der Waals surface area contributed by atoms with Crippen LogP contribution in [0.4, 0.5) is 0 Å². The van der Waals surface area contributed by atoms with E-state index in [9.17, 15) is 14.7 Å².